The van der Waals surface area contributed by atoms with Crippen LogP contribution >= 0.6 is 15.9 Å². The van der Waals surface area contributed by atoms with Gasteiger partial charge >= 0.3 is 0 Å². The Balaban J connectivity index is 1.99. The van der Waals surface area contributed by atoms with Crippen LogP contribution in [0.15, 0.2) is 0 Å². The van der Waals surface area contributed by atoms with Crippen LogP contribution in [0.25, 0.3) is 0 Å². The Hall–Kier alpha value is -0.0900. The van der Waals surface area contributed by atoms with Crippen molar-refractivity contribution >= 4 is 21.8 Å². The fraction of sp³-hybridized carbons (Fsp3) is 0.900. The summed E-state index contributed by atoms with van der Waals surface area (Å²) in [5, 5.41) is 3.62. The molecule has 1 atom stereocenters. The molecular formula is C10H18BrNO2. The monoisotopic (exact) mass is 263 g/mol. The molecule has 0 aromatic carbocycles. The second kappa shape index (κ2) is 7.23. The molecule has 1 amide bonds. The molecule has 1 saturated heterocycles. The van der Waals surface area contributed by atoms with E-state index in [1.165, 1.54) is 12.8 Å². The molecule has 0 aliphatic carbocycles. The predicted molar refractivity (Wildman–Crippen MR) is 59.6 cm³/mol. The van der Waals surface area contributed by atoms with Crippen molar-refractivity contribution in [1.82, 2.24) is 5.32 Å². The molecule has 1 aliphatic rings. The first-order chi connectivity index (χ1) is 6.83. The van der Waals surface area contributed by atoms with Gasteiger partial charge in [0.1, 0.15) is 0 Å². The van der Waals surface area contributed by atoms with Gasteiger partial charge in [0, 0.05) is 24.9 Å². The third-order valence-corrected chi connectivity index (χ3v) is 2.78. The van der Waals surface area contributed by atoms with Crippen molar-refractivity contribution in [2.45, 2.75) is 38.2 Å². The van der Waals surface area contributed by atoms with Gasteiger partial charge in [-0.3, -0.25) is 4.79 Å². The van der Waals surface area contributed by atoms with Gasteiger partial charge in [-0.15, -0.1) is 0 Å². The molecule has 1 unspecified atom stereocenters. The van der Waals surface area contributed by atoms with Crippen LogP contribution in [0.4, 0.5) is 0 Å². The minimum Gasteiger partial charge on any atom is -0.378 e. The van der Waals surface area contributed by atoms with E-state index in [0.29, 0.717) is 12.5 Å². The normalized spacial score (nSPS) is 21.9. The van der Waals surface area contributed by atoms with Crippen molar-refractivity contribution in [3.63, 3.8) is 0 Å². The number of hydrogen-bond donors (Lipinski definition) is 1. The average Bonchev–Trinajstić information content (AvgIpc) is 2.20. The third kappa shape index (κ3) is 4.96. The fourth-order valence-electron chi connectivity index (χ4n) is 1.58. The van der Waals surface area contributed by atoms with E-state index in [4.69, 9.17) is 4.74 Å². The first-order valence-corrected chi connectivity index (χ1v) is 6.39. The molecule has 14 heavy (non-hydrogen) atoms. The summed E-state index contributed by atoms with van der Waals surface area (Å²) >= 11 is 3.23. The van der Waals surface area contributed by atoms with Gasteiger partial charge in [0.25, 0.3) is 0 Å². The lowest BCUT2D eigenvalue weighted by Gasteiger charge is -2.22. The number of amides is 1. The van der Waals surface area contributed by atoms with Gasteiger partial charge in [-0.1, -0.05) is 15.9 Å². The topological polar surface area (TPSA) is 38.3 Å². The van der Waals surface area contributed by atoms with E-state index in [1.807, 2.05) is 0 Å². The summed E-state index contributed by atoms with van der Waals surface area (Å²) in [5.41, 5.74) is 0. The number of hydrogen-bond acceptors (Lipinski definition) is 2. The van der Waals surface area contributed by atoms with E-state index in [-0.39, 0.29) is 5.91 Å². The van der Waals surface area contributed by atoms with Gasteiger partial charge < -0.3 is 10.1 Å². The van der Waals surface area contributed by atoms with Crippen LogP contribution in [0, 0.1) is 0 Å². The van der Waals surface area contributed by atoms with Crippen LogP contribution in [0.5, 0.6) is 0 Å². The number of rotatable bonds is 5. The Morgan fingerprint density at radius 3 is 3.00 bits per heavy atom. The predicted octanol–water partition coefficient (Wildman–Crippen LogP) is 1.85. The Kier molecular flexibility index (Phi) is 6.19. The molecule has 1 N–H and O–H groups in total. The molecule has 1 heterocycles. The largest absolute Gasteiger partial charge is 0.378 e. The number of ether oxygens (including phenoxy) is 1. The lowest BCUT2D eigenvalue weighted by atomic mass is 10.1. The van der Waals surface area contributed by atoms with Gasteiger partial charge in [0.15, 0.2) is 0 Å². The number of carbonyl (C=O) groups excluding carboxylic acids is 1. The summed E-state index contributed by atoms with van der Waals surface area (Å²) in [7, 11) is 0. The highest BCUT2D eigenvalue weighted by Crippen LogP contribution is 2.14. The fourth-order valence-corrected chi connectivity index (χ4v) is 1.94. The Morgan fingerprint density at radius 1 is 1.50 bits per heavy atom. The van der Waals surface area contributed by atoms with E-state index < -0.39 is 0 Å². The maximum Gasteiger partial charge on any atom is 0.220 e. The van der Waals surface area contributed by atoms with Crippen LogP contribution in [-0.2, 0) is 9.53 Å². The quantitative estimate of drug-likeness (QED) is 0.769. The van der Waals surface area contributed by atoms with E-state index in [0.717, 1.165) is 31.3 Å². The van der Waals surface area contributed by atoms with Gasteiger partial charge in [0.2, 0.25) is 5.91 Å². The number of nitrogens with one attached hydrogen (secondary N) is 1. The van der Waals surface area contributed by atoms with Crippen molar-refractivity contribution in [3.05, 3.63) is 0 Å². The van der Waals surface area contributed by atoms with Crippen LogP contribution in [0.3, 0.4) is 0 Å². The summed E-state index contributed by atoms with van der Waals surface area (Å²) < 4.78 is 5.56. The summed E-state index contributed by atoms with van der Waals surface area (Å²) in [5.74, 6) is 0.123. The van der Waals surface area contributed by atoms with E-state index in [2.05, 4.69) is 21.2 Å². The second-order valence-corrected chi connectivity index (χ2v) is 4.36. The van der Waals surface area contributed by atoms with Crippen molar-refractivity contribution in [1.29, 1.82) is 0 Å². The number of alkyl halides is 1. The number of halogens is 1. The molecule has 0 radical (unpaired) electrons. The molecule has 1 aliphatic heterocycles. The molecule has 0 bridgehead atoms. The Bertz CT molecular complexity index is 170. The molecule has 0 spiro atoms. The molecule has 82 valence electrons. The van der Waals surface area contributed by atoms with Gasteiger partial charge in [-0.05, 0) is 25.7 Å². The SMILES string of the molecule is O=C(CCBr)NCCC1CCCCO1. The second-order valence-electron chi connectivity index (χ2n) is 3.57. The van der Waals surface area contributed by atoms with Crippen molar-refractivity contribution in [2.24, 2.45) is 0 Å². The summed E-state index contributed by atoms with van der Waals surface area (Å²) in [6.45, 7) is 1.64. The van der Waals surface area contributed by atoms with Crippen LogP contribution < -0.4 is 5.32 Å². The summed E-state index contributed by atoms with van der Waals surface area (Å²) in [6, 6.07) is 0. The highest BCUT2D eigenvalue weighted by atomic mass is 79.9. The smallest absolute Gasteiger partial charge is 0.220 e. The minimum absolute atomic E-state index is 0.123. The number of carbonyl (C=O) groups is 1. The van der Waals surface area contributed by atoms with Gasteiger partial charge in [-0.25, -0.2) is 0 Å². The minimum atomic E-state index is 0.123. The van der Waals surface area contributed by atoms with Crippen LogP contribution in [0.2, 0.25) is 0 Å². The Morgan fingerprint density at radius 2 is 2.36 bits per heavy atom. The highest BCUT2D eigenvalue weighted by Gasteiger charge is 2.13. The van der Waals surface area contributed by atoms with Crippen LogP contribution in [-0.4, -0.2) is 30.5 Å². The zero-order chi connectivity index (χ0) is 10.2. The zero-order valence-electron chi connectivity index (χ0n) is 8.43. The van der Waals surface area contributed by atoms with Crippen molar-refractivity contribution < 1.29 is 9.53 Å². The standard InChI is InChI=1S/C10H18BrNO2/c11-6-4-10(13)12-7-5-9-3-1-2-8-14-9/h9H,1-8H2,(H,12,13). The van der Waals surface area contributed by atoms with E-state index in [1.54, 1.807) is 0 Å². The Labute approximate surface area is 93.7 Å². The van der Waals surface area contributed by atoms with E-state index in [9.17, 15) is 4.79 Å². The molecule has 0 aromatic rings. The van der Waals surface area contributed by atoms with Gasteiger partial charge in [0.05, 0.1) is 6.10 Å². The van der Waals surface area contributed by atoms with Gasteiger partial charge in [-0.2, -0.15) is 0 Å². The van der Waals surface area contributed by atoms with Crippen LogP contribution in [0.1, 0.15) is 32.1 Å². The highest BCUT2D eigenvalue weighted by molar-refractivity contribution is 9.09. The van der Waals surface area contributed by atoms with E-state index >= 15 is 0 Å². The third-order valence-electron chi connectivity index (χ3n) is 2.38. The first kappa shape index (κ1) is 12.0. The zero-order valence-corrected chi connectivity index (χ0v) is 10.0. The summed E-state index contributed by atoms with van der Waals surface area (Å²) in [6.07, 6.45) is 5.48. The van der Waals surface area contributed by atoms with Crippen molar-refractivity contribution in [2.75, 3.05) is 18.5 Å². The maximum absolute atomic E-state index is 11.1. The summed E-state index contributed by atoms with van der Waals surface area (Å²) in [4.78, 5) is 11.1. The molecule has 1 fully saturated rings. The maximum atomic E-state index is 11.1. The van der Waals surface area contributed by atoms with Crippen molar-refractivity contribution in [3.8, 4) is 0 Å². The first-order valence-electron chi connectivity index (χ1n) is 5.27. The molecule has 1 rings (SSSR count). The average molecular weight is 264 g/mol. The molecule has 0 aromatic heterocycles. The lowest BCUT2D eigenvalue weighted by molar-refractivity contribution is -0.120. The molecule has 3 nitrogen and oxygen atoms in total. The molecular weight excluding hydrogens is 246 g/mol. The molecule has 0 saturated carbocycles. The molecule has 4 heteroatoms. The lowest BCUT2D eigenvalue weighted by Crippen LogP contribution is -2.29.